The first kappa shape index (κ1) is 6.09. The molecule has 0 amide bonds. The van der Waals surface area contributed by atoms with Crippen molar-refractivity contribution >= 4 is 15.6 Å². The van der Waals surface area contributed by atoms with Crippen LogP contribution in [0.25, 0.3) is 0 Å². The minimum atomic E-state index is -0.500. The number of H-pyrrole nitrogens is 1. The van der Waals surface area contributed by atoms with Crippen LogP contribution >= 0.6 is 11.0 Å². The maximum absolute atomic E-state index is 5.32. The number of hydrogen-bond acceptors (Lipinski definition) is 4. The molecule has 1 rings (SSSR count). The number of rotatable bonds is 1. The summed E-state index contributed by atoms with van der Waals surface area (Å²) >= 11 is 3.43. The van der Waals surface area contributed by atoms with E-state index in [9.17, 15) is 0 Å². The van der Waals surface area contributed by atoms with E-state index < -0.39 is 13.0 Å². The van der Waals surface area contributed by atoms with Gasteiger partial charge in [0.15, 0.2) is 0 Å². The zero-order valence-corrected chi connectivity index (χ0v) is 5.63. The first-order valence-electron chi connectivity index (χ1n) is 1.68. The molecule has 0 bridgehead atoms. The van der Waals surface area contributed by atoms with Crippen LogP contribution in [0.5, 0.6) is 0 Å². The van der Waals surface area contributed by atoms with E-state index in [1.807, 2.05) is 0 Å². The molecule has 0 atom stereocenters. The molecule has 3 N–H and O–H groups in total. The Bertz CT molecular complexity index is 149. The summed E-state index contributed by atoms with van der Waals surface area (Å²) in [6.07, 6.45) is 1.62. The zero-order valence-electron chi connectivity index (χ0n) is 3.80. The number of hydrogen-bond donors (Lipinski definition) is 3. The van der Waals surface area contributed by atoms with Gasteiger partial charge >= 0.3 is 55.0 Å². The molecule has 8 heavy (non-hydrogen) atoms. The Kier molecular flexibility index (Phi) is 1.90. The van der Waals surface area contributed by atoms with Gasteiger partial charge in [0.25, 0.3) is 0 Å². The number of aromatic amines is 1. The van der Waals surface area contributed by atoms with Crippen molar-refractivity contribution in [3.63, 3.8) is 0 Å². The SMILES string of the molecule is [NH2][Cu]([SH])[c]1c[nH]nn1. The quantitative estimate of drug-likeness (QED) is 0.375. The molecule has 0 unspecified atom stereocenters. The minimum absolute atomic E-state index is 0.500. The monoisotopic (exact) mass is 180 g/mol. The summed E-state index contributed by atoms with van der Waals surface area (Å²) in [7, 11) is 0. The van der Waals surface area contributed by atoms with Crippen molar-refractivity contribution in [2.45, 2.75) is 0 Å². The van der Waals surface area contributed by atoms with Gasteiger partial charge < -0.3 is 0 Å². The first-order chi connectivity index (χ1) is 3.80. The van der Waals surface area contributed by atoms with Gasteiger partial charge in [0.1, 0.15) is 0 Å². The fourth-order valence-corrected chi connectivity index (χ4v) is 0.870. The molecule has 50 valence electrons. The number of thiol groups is 1. The molecule has 0 saturated heterocycles. The molecule has 0 aromatic carbocycles. The van der Waals surface area contributed by atoms with Crippen LogP contribution in [0.1, 0.15) is 0 Å². The summed E-state index contributed by atoms with van der Waals surface area (Å²) in [6.45, 7) is 0. The van der Waals surface area contributed by atoms with Crippen molar-refractivity contribution < 1.29 is 13.0 Å². The predicted octanol–water partition coefficient (Wildman–Crippen LogP) is -1.23. The molecule has 0 aliphatic carbocycles. The summed E-state index contributed by atoms with van der Waals surface area (Å²) in [5.74, 6) is 0. The predicted molar refractivity (Wildman–Crippen MR) is 29.2 cm³/mol. The van der Waals surface area contributed by atoms with Crippen LogP contribution in [0.4, 0.5) is 0 Å². The van der Waals surface area contributed by atoms with Gasteiger partial charge in [0.05, 0.1) is 0 Å². The summed E-state index contributed by atoms with van der Waals surface area (Å²) < 4.78 is 6.00. The molecule has 4 nitrogen and oxygen atoms in total. The summed E-state index contributed by atoms with van der Waals surface area (Å²) in [5, 5.41) is 9.59. The third kappa shape index (κ3) is 1.23. The van der Waals surface area contributed by atoms with Crippen LogP contribution in [0, 0.1) is 0 Å². The third-order valence-corrected chi connectivity index (χ3v) is 1.82. The number of aromatic nitrogens is 3. The van der Waals surface area contributed by atoms with Crippen molar-refractivity contribution in [3.8, 4) is 0 Å². The Labute approximate surface area is 55.4 Å². The van der Waals surface area contributed by atoms with Gasteiger partial charge in [0, 0.05) is 0 Å². The third-order valence-electron chi connectivity index (χ3n) is 0.526. The van der Waals surface area contributed by atoms with Crippen LogP contribution in [0.15, 0.2) is 6.20 Å². The fourth-order valence-electron chi connectivity index (χ4n) is 0.254. The molecule has 1 aromatic heterocycles. The van der Waals surface area contributed by atoms with Gasteiger partial charge in [-0.2, -0.15) is 0 Å². The molecule has 1 heterocycles. The van der Waals surface area contributed by atoms with E-state index in [2.05, 4.69) is 26.5 Å². The van der Waals surface area contributed by atoms with Crippen LogP contribution in [-0.2, 0) is 13.0 Å². The fraction of sp³-hybridized carbons (Fsp3) is 0. The zero-order chi connectivity index (χ0) is 5.98. The van der Waals surface area contributed by atoms with Gasteiger partial charge in [0.2, 0.25) is 0 Å². The van der Waals surface area contributed by atoms with E-state index in [1.165, 1.54) is 0 Å². The van der Waals surface area contributed by atoms with E-state index in [-0.39, 0.29) is 0 Å². The number of nitrogens with zero attached hydrogens (tertiary/aromatic N) is 2. The van der Waals surface area contributed by atoms with Gasteiger partial charge in [-0.3, -0.25) is 0 Å². The molecule has 0 saturated carbocycles. The normalized spacial score (nSPS) is 11.5. The van der Waals surface area contributed by atoms with E-state index >= 15 is 0 Å². The second-order valence-corrected chi connectivity index (χ2v) is 3.40. The maximum atomic E-state index is 5.32. The molecule has 0 aliphatic rings. The average molecular weight is 181 g/mol. The summed E-state index contributed by atoms with van der Waals surface area (Å²) in [5.41, 5.74) is 0. The van der Waals surface area contributed by atoms with Crippen molar-refractivity contribution in [2.75, 3.05) is 0 Å². The molecule has 0 spiro atoms. The molecular formula is C2H5CuN4S. The van der Waals surface area contributed by atoms with Gasteiger partial charge in [-0.1, -0.05) is 0 Å². The molecule has 0 aliphatic heterocycles. The number of nitrogens with one attached hydrogen (secondary N) is 1. The van der Waals surface area contributed by atoms with E-state index in [4.69, 9.17) is 4.75 Å². The van der Waals surface area contributed by atoms with Crippen molar-refractivity contribution in [1.82, 2.24) is 15.4 Å². The first-order valence-corrected chi connectivity index (χ1v) is 4.23. The Morgan fingerprint density at radius 3 is 2.88 bits per heavy atom. The average Bonchev–Trinajstić information content (AvgIpc) is 2.12. The second kappa shape index (κ2) is 2.50. The van der Waals surface area contributed by atoms with E-state index in [0.717, 1.165) is 0 Å². The topological polar surface area (TPSA) is 67.6 Å². The molecule has 6 heteroatoms. The van der Waals surface area contributed by atoms with Gasteiger partial charge in [-0.25, -0.2) is 0 Å². The van der Waals surface area contributed by atoms with Crippen molar-refractivity contribution in [2.24, 2.45) is 4.75 Å². The Morgan fingerprint density at radius 2 is 2.62 bits per heavy atom. The van der Waals surface area contributed by atoms with Crippen LogP contribution in [-0.4, -0.2) is 15.4 Å². The molecule has 1 aromatic rings. The number of nitrogens with two attached hydrogens (primary N) is 1. The van der Waals surface area contributed by atoms with Crippen LogP contribution in [0.3, 0.4) is 0 Å². The van der Waals surface area contributed by atoms with Gasteiger partial charge in [-0.15, -0.1) is 0 Å². The molecular weight excluding hydrogens is 176 g/mol. The van der Waals surface area contributed by atoms with E-state index in [1.54, 1.807) is 6.20 Å². The summed E-state index contributed by atoms with van der Waals surface area (Å²) in [6, 6.07) is 0. The van der Waals surface area contributed by atoms with Crippen molar-refractivity contribution in [1.29, 1.82) is 0 Å². The van der Waals surface area contributed by atoms with Crippen LogP contribution in [0.2, 0.25) is 0 Å². The Hall–Kier alpha value is -0.0305. The van der Waals surface area contributed by atoms with E-state index in [0.29, 0.717) is 4.59 Å². The Morgan fingerprint density at radius 1 is 1.88 bits per heavy atom. The second-order valence-electron chi connectivity index (χ2n) is 0.989. The Balaban J connectivity index is 2.77. The van der Waals surface area contributed by atoms with Gasteiger partial charge in [-0.05, 0) is 0 Å². The summed E-state index contributed by atoms with van der Waals surface area (Å²) in [4.78, 5) is 0. The molecule has 0 fully saturated rings. The molecule has 0 radical (unpaired) electrons. The standard InChI is InChI=1S/C2H2N3.Cu.H2N.H2S/c1-2-4-5-3-1;;;/h1H,(H,3,4,5);;2*1H2/q;+2;-1;/p-1. The van der Waals surface area contributed by atoms with Crippen LogP contribution < -0.4 is 9.34 Å². The van der Waals surface area contributed by atoms with Crippen molar-refractivity contribution in [3.05, 3.63) is 6.20 Å².